The van der Waals surface area contributed by atoms with Crippen LogP contribution in [-0.4, -0.2) is 44.3 Å². The van der Waals surface area contributed by atoms with Crippen molar-refractivity contribution < 1.29 is 4.74 Å². The molecule has 0 amide bonds. The normalized spacial score (nSPS) is 20.8. The number of ether oxygens (including phenoxy) is 1. The first-order valence-electron chi connectivity index (χ1n) is 6.90. The molecule has 0 aliphatic carbocycles. The maximum absolute atomic E-state index is 5.92. The van der Waals surface area contributed by atoms with Crippen molar-refractivity contribution in [3.8, 4) is 0 Å². The summed E-state index contributed by atoms with van der Waals surface area (Å²) in [5, 5.41) is 0. The second-order valence-corrected chi connectivity index (χ2v) is 6.65. The van der Waals surface area contributed by atoms with Crippen LogP contribution in [-0.2, 0) is 4.74 Å². The van der Waals surface area contributed by atoms with E-state index in [0.717, 1.165) is 25.7 Å². The Kier molecular flexibility index (Phi) is 5.90. The van der Waals surface area contributed by atoms with Crippen LogP contribution in [0.5, 0.6) is 0 Å². The molecule has 3 nitrogen and oxygen atoms in total. The van der Waals surface area contributed by atoms with Gasteiger partial charge in [-0.3, -0.25) is 0 Å². The number of nitrogens with two attached hydrogens (primary N) is 1. The minimum atomic E-state index is 0.355. The van der Waals surface area contributed by atoms with Crippen molar-refractivity contribution >= 4 is 0 Å². The lowest BCUT2D eigenvalue weighted by Crippen LogP contribution is -2.43. The van der Waals surface area contributed by atoms with E-state index in [1.807, 2.05) is 0 Å². The summed E-state index contributed by atoms with van der Waals surface area (Å²) in [4.78, 5) is 2.46. The summed E-state index contributed by atoms with van der Waals surface area (Å²) >= 11 is 0. The second-order valence-electron chi connectivity index (χ2n) is 6.65. The summed E-state index contributed by atoms with van der Waals surface area (Å²) < 4.78 is 5.41. The number of likely N-dealkylation sites (N-methyl/N-ethyl adjacent to an activating group) is 1. The standard InChI is InChI=1S/C14H30N2O/c1-14(2,3)9-13(10-15)16(4)11-12-5-7-17-8-6-12/h12-13H,5-11,15H2,1-4H3. The first kappa shape index (κ1) is 14.9. The highest BCUT2D eigenvalue weighted by Gasteiger charge is 2.23. The lowest BCUT2D eigenvalue weighted by atomic mass is 9.87. The van der Waals surface area contributed by atoms with Crippen LogP contribution in [0.2, 0.25) is 0 Å². The molecule has 1 fully saturated rings. The van der Waals surface area contributed by atoms with Crippen LogP contribution < -0.4 is 5.73 Å². The zero-order valence-corrected chi connectivity index (χ0v) is 12.0. The van der Waals surface area contributed by atoms with Gasteiger partial charge in [-0.25, -0.2) is 0 Å². The van der Waals surface area contributed by atoms with Crippen molar-refractivity contribution in [3.63, 3.8) is 0 Å². The highest BCUT2D eigenvalue weighted by molar-refractivity contribution is 4.78. The van der Waals surface area contributed by atoms with Gasteiger partial charge in [0.2, 0.25) is 0 Å². The summed E-state index contributed by atoms with van der Waals surface area (Å²) in [5.74, 6) is 0.794. The fraction of sp³-hybridized carbons (Fsp3) is 1.00. The average molecular weight is 242 g/mol. The van der Waals surface area contributed by atoms with Crippen LogP contribution in [0.4, 0.5) is 0 Å². The highest BCUT2D eigenvalue weighted by atomic mass is 16.5. The molecule has 0 aromatic carbocycles. The van der Waals surface area contributed by atoms with E-state index in [-0.39, 0.29) is 0 Å². The Morgan fingerprint density at radius 2 is 1.88 bits per heavy atom. The van der Waals surface area contributed by atoms with Crippen LogP contribution in [0, 0.1) is 11.3 Å². The molecule has 1 heterocycles. The van der Waals surface area contributed by atoms with Crippen LogP contribution in [0.3, 0.4) is 0 Å². The Labute approximate surface area is 107 Å². The fourth-order valence-corrected chi connectivity index (χ4v) is 2.61. The van der Waals surface area contributed by atoms with Gasteiger partial charge in [0.25, 0.3) is 0 Å². The first-order chi connectivity index (χ1) is 7.92. The van der Waals surface area contributed by atoms with E-state index in [9.17, 15) is 0 Å². The molecule has 0 aromatic rings. The molecule has 0 saturated carbocycles. The van der Waals surface area contributed by atoms with Gasteiger partial charge in [-0.2, -0.15) is 0 Å². The number of nitrogens with zero attached hydrogens (tertiary/aromatic N) is 1. The number of hydrogen-bond acceptors (Lipinski definition) is 3. The molecule has 1 aliphatic rings. The maximum atomic E-state index is 5.92. The van der Waals surface area contributed by atoms with Gasteiger partial charge in [0.05, 0.1) is 0 Å². The number of rotatable bonds is 5. The molecule has 1 rings (SSSR count). The molecule has 0 radical (unpaired) electrons. The van der Waals surface area contributed by atoms with Crippen molar-refractivity contribution in [2.24, 2.45) is 17.1 Å². The third kappa shape index (κ3) is 5.84. The maximum Gasteiger partial charge on any atom is 0.0469 e. The minimum Gasteiger partial charge on any atom is -0.381 e. The molecular formula is C14H30N2O. The summed E-state index contributed by atoms with van der Waals surface area (Å²) in [6, 6.07) is 0.512. The summed E-state index contributed by atoms with van der Waals surface area (Å²) in [6.07, 6.45) is 3.58. The molecule has 3 heteroatoms. The van der Waals surface area contributed by atoms with Gasteiger partial charge < -0.3 is 15.4 Å². The molecule has 17 heavy (non-hydrogen) atoms. The lowest BCUT2D eigenvalue weighted by Gasteiger charge is -2.35. The Balaban J connectivity index is 2.39. The SMILES string of the molecule is CN(CC1CCOCC1)C(CN)CC(C)(C)C. The Hall–Kier alpha value is -0.120. The predicted molar refractivity (Wildman–Crippen MR) is 73.1 cm³/mol. The van der Waals surface area contributed by atoms with E-state index >= 15 is 0 Å². The van der Waals surface area contributed by atoms with E-state index in [1.165, 1.54) is 25.8 Å². The lowest BCUT2D eigenvalue weighted by molar-refractivity contribution is 0.0476. The largest absolute Gasteiger partial charge is 0.381 e. The van der Waals surface area contributed by atoms with Gasteiger partial charge in [0.15, 0.2) is 0 Å². The van der Waals surface area contributed by atoms with Crippen molar-refractivity contribution in [1.82, 2.24) is 4.90 Å². The highest BCUT2D eigenvalue weighted by Crippen LogP contribution is 2.24. The van der Waals surface area contributed by atoms with Crippen molar-refractivity contribution in [3.05, 3.63) is 0 Å². The molecule has 0 aromatic heterocycles. The number of hydrogen-bond donors (Lipinski definition) is 1. The van der Waals surface area contributed by atoms with Gasteiger partial charge >= 0.3 is 0 Å². The quantitative estimate of drug-likeness (QED) is 0.802. The van der Waals surface area contributed by atoms with Gasteiger partial charge in [0.1, 0.15) is 0 Å². The molecule has 0 bridgehead atoms. The van der Waals surface area contributed by atoms with Crippen LogP contribution >= 0.6 is 0 Å². The van der Waals surface area contributed by atoms with Gasteiger partial charge in [0, 0.05) is 32.3 Å². The van der Waals surface area contributed by atoms with Crippen LogP contribution in [0.1, 0.15) is 40.0 Å². The van der Waals surface area contributed by atoms with Gasteiger partial charge in [-0.15, -0.1) is 0 Å². The molecule has 1 aliphatic heterocycles. The molecule has 1 atom stereocenters. The Morgan fingerprint density at radius 3 is 2.35 bits per heavy atom. The summed E-state index contributed by atoms with van der Waals surface area (Å²) in [6.45, 7) is 10.7. The van der Waals surface area contributed by atoms with E-state index in [0.29, 0.717) is 11.5 Å². The average Bonchev–Trinajstić information content (AvgIpc) is 2.26. The van der Waals surface area contributed by atoms with Crippen LogP contribution in [0.15, 0.2) is 0 Å². The van der Waals surface area contributed by atoms with Gasteiger partial charge in [-0.05, 0) is 37.6 Å². The van der Waals surface area contributed by atoms with E-state index in [2.05, 4.69) is 32.7 Å². The van der Waals surface area contributed by atoms with Gasteiger partial charge in [-0.1, -0.05) is 20.8 Å². The van der Waals surface area contributed by atoms with Crippen molar-refractivity contribution in [2.45, 2.75) is 46.1 Å². The van der Waals surface area contributed by atoms with E-state index < -0.39 is 0 Å². The molecule has 1 saturated heterocycles. The molecule has 2 N–H and O–H groups in total. The van der Waals surface area contributed by atoms with E-state index in [1.54, 1.807) is 0 Å². The topological polar surface area (TPSA) is 38.5 Å². The summed E-state index contributed by atoms with van der Waals surface area (Å²) in [7, 11) is 2.22. The zero-order chi connectivity index (χ0) is 12.9. The smallest absolute Gasteiger partial charge is 0.0469 e. The van der Waals surface area contributed by atoms with E-state index in [4.69, 9.17) is 10.5 Å². The van der Waals surface area contributed by atoms with Crippen molar-refractivity contribution in [1.29, 1.82) is 0 Å². The zero-order valence-electron chi connectivity index (χ0n) is 12.0. The van der Waals surface area contributed by atoms with Crippen LogP contribution in [0.25, 0.3) is 0 Å². The summed E-state index contributed by atoms with van der Waals surface area (Å²) in [5.41, 5.74) is 6.27. The third-order valence-corrected chi connectivity index (χ3v) is 3.63. The monoisotopic (exact) mass is 242 g/mol. The molecule has 102 valence electrons. The fourth-order valence-electron chi connectivity index (χ4n) is 2.61. The predicted octanol–water partition coefficient (Wildman–Crippen LogP) is 2.11. The molecular weight excluding hydrogens is 212 g/mol. The third-order valence-electron chi connectivity index (χ3n) is 3.63. The first-order valence-corrected chi connectivity index (χ1v) is 6.90. The second kappa shape index (κ2) is 6.72. The van der Waals surface area contributed by atoms with Crippen molar-refractivity contribution in [2.75, 3.05) is 33.4 Å². The minimum absolute atomic E-state index is 0.355. The Morgan fingerprint density at radius 1 is 1.29 bits per heavy atom. The molecule has 0 spiro atoms. The Bertz CT molecular complexity index is 207. The molecule has 1 unspecified atom stereocenters.